The Morgan fingerprint density at radius 2 is 1.92 bits per heavy atom. The minimum atomic E-state index is -0.968. The molecule has 68 valence electrons. The van der Waals surface area contributed by atoms with Crippen LogP contribution in [0.3, 0.4) is 0 Å². The van der Waals surface area contributed by atoms with Crippen LogP contribution < -0.4 is 5.32 Å². The van der Waals surface area contributed by atoms with Gasteiger partial charge in [-0.15, -0.1) is 0 Å². The summed E-state index contributed by atoms with van der Waals surface area (Å²) in [5, 5.41) is 10.8. The number of rotatable bonds is 2. The highest BCUT2D eigenvalue weighted by Gasteiger charge is 2.21. The number of hydrogen-bond donors (Lipinski definition) is 2. The number of carboxylic acid groups (broad SMARTS) is 1. The zero-order valence-corrected chi connectivity index (χ0v) is 6.82. The fraction of sp³-hybridized carbons (Fsp3) is 0.750. The topological polar surface area (TPSA) is 66.4 Å². The van der Waals surface area contributed by atoms with E-state index in [1.165, 1.54) is 0 Å². The zero-order chi connectivity index (χ0) is 8.97. The third-order valence-electron chi connectivity index (χ3n) is 2.29. The summed E-state index contributed by atoms with van der Waals surface area (Å²) in [7, 11) is 0. The van der Waals surface area contributed by atoms with Crippen LogP contribution in [0, 0.1) is 5.92 Å². The Morgan fingerprint density at radius 1 is 1.33 bits per heavy atom. The van der Waals surface area contributed by atoms with Gasteiger partial charge in [-0.1, -0.05) is 0 Å². The van der Waals surface area contributed by atoms with Crippen molar-refractivity contribution in [2.45, 2.75) is 31.7 Å². The van der Waals surface area contributed by atoms with E-state index in [0.717, 1.165) is 32.0 Å². The molecule has 0 heterocycles. The summed E-state index contributed by atoms with van der Waals surface area (Å²) in [5.74, 6) is 0.150. The van der Waals surface area contributed by atoms with E-state index < -0.39 is 6.09 Å². The lowest BCUT2D eigenvalue weighted by Crippen LogP contribution is -2.36. The molecule has 0 saturated heterocycles. The SMILES string of the molecule is O=CC1CCC(NC(=O)O)CC1. The average Bonchev–Trinajstić information content (AvgIpc) is 2.05. The van der Waals surface area contributed by atoms with E-state index in [-0.39, 0.29) is 12.0 Å². The second-order valence-electron chi connectivity index (χ2n) is 3.20. The predicted octanol–water partition coefficient (Wildman–Crippen LogP) is 1.01. The Morgan fingerprint density at radius 3 is 2.33 bits per heavy atom. The van der Waals surface area contributed by atoms with E-state index in [9.17, 15) is 9.59 Å². The molecular formula is C8H13NO3. The molecule has 0 atom stereocenters. The molecule has 0 unspecified atom stereocenters. The van der Waals surface area contributed by atoms with Gasteiger partial charge in [0.05, 0.1) is 0 Å². The molecular weight excluding hydrogens is 158 g/mol. The number of carbonyl (C=O) groups excluding carboxylic acids is 1. The Labute approximate surface area is 71.0 Å². The highest BCUT2D eigenvalue weighted by molar-refractivity contribution is 5.64. The zero-order valence-electron chi connectivity index (χ0n) is 6.82. The van der Waals surface area contributed by atoms with Crippen LogP contribution in [0.1, 0.15) is 25.7 Å². The Bertz CT molecular complexity index is 173. The molecule has 0 aromatic heterocycles. The molecule has 0 aromatic carbocycles. The molecule has 0 radical (unpaired) electrons. The van der Waals surface area contributed by atoms with Gasteiger partial charge in [0.15, 0.2) is 0 Å². The molecule has 1 aliphatic carbocycles. The third-order valence-corrected chi connectivity index (χ3v) is 2.29. The largest absolute Gasteiger partial charge is 0.465 e. The molecule has 0 bridgehead atoms. The van der Waals surface area contributed by atoms with E-state index >= 15 is 0 Å². The summed E-state index contributed by atoms with van der Waals surface area (Å²) >= 11 is 0. The Kier molecular flexibility index (Phi) is 3.08. The molecule has 0 aromatic rings. The van der Waals surface area contributed by atoms with Gasteiger partial charge in [-0.3, -0.25) is 0 Å². The van der Waals surface area contributed by atoms with Gasteiger partial charge in [0.1, 0.15) is 6.29 Å². The second kappa shape index (κ2) is 4.09. The minimum absolute atomic E-state index is 0.0544. The van der Waals surface area contributed by atoms with Crippen LogP contribution in [0.25, 0.3) is 0 Å². The van der Waals surface area contributed by atoms with Gasteiger partial charge in [0, 0.05) is 12.0 Å². The van der Waals surface area contributed by atoms with Crippen molar-refractivity contribution in [3.8, 4) is 0 Å². The molecule has 1 aliphatic rings. The van der Waals surface area contributed by atoms with E-state index in [1.807, 2.05) is 0 Å². The van der Waals surface area contributed by atoms with Crippen molar-refractivity contribution in [2.24, 2.45) is 5.92 Å². The first-order valence-corrected chi connectivity index (χ1v) is 4.17. The summed E-state index contributed by atoms with van der Waals surface area (Å²) in [6.07, 6.45) is 3.20. The van der Waals surface area contributed by atoms with Gasteiger partial charge in [-0.2, -0.15) is 0 Å². The third kappa shape index (κ3) is 2.53. The fourth-order valence-corrected chi connectivity index (χ4v) is 1.57. The summed E-state index contributed by atoms with van der Waals surface area (Å²) in [6, 6.07) is 0.0544. The van der Waals surface area contributed by atoms with Crippen LogP contribution in [0.4, 0.5) is 4.79 Å². The van der Waals surface area contributed by atoms with Crippen LogP contribution >= 0.6 is 0 Å². The standard InChI is InChI=1S/C8H13NO3/c10-5-6-1-3-7(4-2-6)9-8(11)12/h5-7,9H,1-4H2,(H,11,12). The quantitative estimate of drug-likeness (QED) is 0.609. The van der Waals surface area contributed by atoms with Crippen LogP contribution in [0.5, 0.6) is 0 Å². The lowest BCUT2D eigenvalue weighted by molar-refractivity contribution is -0.111. The highest BCUT2D eigenvalue weighted by atomic mass is 16.4. The first kappa shape index (κ1) is 9.03. The Hall–Kier alpha value is -1.06. The number of amides is 1. The smallest absolute Gasteiger partial charge is 0.404 e. The van der Waals surface area contributed by atoms with Crippen molar-refractivity contribution in [2.75, 3.05) is 0 Å². The molecule has 0 aliphatic heterocycles. The van der Waals surface area contributed by atoms with Gasteiger partial charge in [-0.25, -0.2) is 4.79 Å². The molecule has 1 fully saturated rings. The summed E-state index contributed by atoms with van der Waals surface area (Å²) in [6.45, 7) is 0. The molecule has 1 saturated carbocycles. The first-order valence-electron chi connectivity index (χ1n) is 4.17. The van der Waals surface area contributed by atoms with E-state index in [4.69, 9.17) is 5.11 Å². The molecule has 12 heavy (non-hydrogen) atoms. The van der Waals surface area contributed by atoms with Crippen molar-refractivity contribution in [3.63, 3.8) is 0 Å². The average molecular weight is 171 g/mol. The van der Waals surface area contributed by atoms with Crippen LogP contribution in [-0.4, -0.2) is 23.5 Å². The maximum Gasteiger partial charge on any atom is 0.404 e. The van der Waals surface area contributed by atoms with Crippen molar-refractivity contribution < 1.29 is 14.7 Å². The Balaban J connectivity index is 2.26. The molecule has 4 heteroatoms. The lowest BCUT2D eigenvalue weighted by atomic mass is 9.87. The number of hydrogen-bond acceptors (Lipinski definition) is 2. The fourth-order valence-electron chi connectivity index (χ4n) is 1.57. The van der Waals surface area contributed by atoms with E-state index in [1.54, 1.807) is 0 Å². The van der Waals surface area contributed by atoms with E-state index in [2.05, 4.69) is 5.32 Å². The number of carbonyl (C=O) groups is 2. The summed E-state index contributed by atoms with van der Waals surface area (Å²) < 4.78 is 0. The highest BCUT2D eigenvalue weighted by Crippen LogP contribution is 2.22. The maximum atomic E-state index is 10.4. The monoisotopic (exact) mass is 171 g/mol. The van der Waals surface area contributed by atoms with Gasteiger partial charge in [-0.05, 0) is 25.7 Å². The molecule has 2 N–H and O–H groups in total. The first-order chi connectivity index (χ1) is 5.72. The lowest BCUT2D eigenvalue weighted by Gasteiger charge is -2.24. The van der Waals surface area contributed by atoms with Gasteiger partial charge in [0.2, 0.25) is 0 Å². The van der Waals surface area contributed by atoms with Crippen molar-refractivity contribution >= 4 is 12.4 Å². The molecule has 4 nitrogen and oxygen atoms in total. The summed E-state index contributed by atoms with van der Waals surface area (Å²) in [4.78, 5) is 20.6. The van der Waals surface area contributed by atoms with E-state index in [0.29, 0.717) is 0 Å². The second-order valence-corrected chi connectivity index (χ2v) is 3.20. The molecule has 1 rings (SSSR count). The predicted molar refractivity (Wildman–Crippen MR) is 43.0 cm³/mol. The van der Waals surface area contributed by atoms with Crippen LogP contribution in [-0.2, 0) is 4.79 Å². The minimum Gasteiger partial charge on any atom is -0.465 e. The van der Waals surface area contributed by atoms with Crippen LogP contribution in [0.2, 0.25) is 0 Å². The normalized spacial score (nSPS) is 29.3. The molecule has 1 amide bonds. The maximum absolute atomic E-state index is 10.4. The van der Waals surface area contributed by atoms with Crippen molar-refractivity contribution in [1.29, 1.82) is 0 Å². The summed E-state index contributed by atoms with van der Waals surface area (Å²) in [5.41, 5.74) is 0. The van der Waals surface area contributed by atoms with Gasteiger partial charge < -0.3 is 15.2 Å². The number of aldehydes is 1. The van der Waals surface area contributed by atoms with Crippen molar-refractivity contribution in [1.82, 2.24) is 5.32 Å². The van der Waals surface area contributed by atoms with Gasteiger partial charge in [0.25, 0.3) is 0 Å². The van der Waals surface area contributed by atoms with Crippen LogP contribution in [0.15, 0.2) is 0 Å². The van der Waals surface area contributed by atoms with Gasteiger partial charge >= 0.3 is 6.09 Å². The molecule has 0 spiro atoms. The van der Waals surface area contributed by atoms with Crippen molar-refractivity contribution in [3.05, 3.63) is 0 Å². The number of nitrogens with one attached hydrogen (secondary N) is 1.